The summed E-state index contributed by atoms with van der Waals surface area (Å²) in [6, 6.07) is -1.52. The minimum Gasteiger partial charge on any atom is -0.480 e. The molecule has 0 aromatic rings. The Kier molecular flexibility index (Phi) is 40.6. The van der Waals surface area contributed by atoms with Crippen molar-refractivity contribution in [1.29, 1.82) is 0 Å². The van der Waals surface area contributed by atoms with Crippen molar-refractivity contribution in [2.75, 3.05) is 19.8 Å². The Labute approximate surface area is 354 Å². The van der Waals surface area contributed by atoms with Crippen LogP contribution >= 0.6 is 7.82 Å². The number of carbonyl (C=O) groups is 3. The summed E-state index contributed by atoms with van der Waals surface area (Å²) in [6.07, 6.45) is 42.7. The molecule has 342 valence electrons. The van der Waals surface area contributed by atoms with E-state index >= 15 is 0 Å². The lowest BCUT2D eigenvalue weighted by molar-refractivity contribution is -0.161. The number of hydrogen-bond acceptors (Lipinski definition) is 9. The Bertz CT molecular complexity index is 1040. The molecule has 0 radical (unpaired) electrons. The van der Waals surface area contributed by atoms with Crippen molar-refractivity contribution in [1.82, 2.24) is 0 Å². The lowest BCUT2D eigenvalue weighted by Gasteiger charge is -2.20. The summed E-state index contributed by atoms with van der Waals surface area (Å²) in [5.74, 6) is -2.37. The van der Waals surface area contributed by atoms with Crippen LogP contribution < -0.4 is 5.73 Å². The molecule has 0 aromatic carbocycles. The number of phosphoric ester groups is 1. The number of carboxylic acid groups (broad SMARTS) is 1. The molecule has 0 saturated carbocycles. The van der Waals surface area contributed by atoms with E-state index in [0.29, 0.717) is 12.8 Å². The number of aliphatic carboxylic acids is 1. The molecule has 0 aliphatic rings. The Morgan fingerprint density at radius 1 is 0.517 bits per heavy atom. The van der Waals surface area contributed by atoms with E-state index in [2.05, 4.69) is 30.5 Å². The number of allylic oxidation sites excluding steroid dienone is 2. The highest BCUT2D eigenvalue weighted by Gasteiger charge is 2.28. The largest absolute Gasteiger partial charge is 0.480 e. The van der Waals surface area contributed by atoms with Crippen molar-refractivity contribution in [3.63, 3.8) is 0 Å². The fourth-order valence-electron chi connectivity index (χ4n) is 6.77. The van der Waals surface area contributed by atoms with Gasteiger partial charge in [0.2, 0.25) is 0 Å². The molecule has 0 bridgehead atoms. The van der Waals surface area contributed by atoms with Gasteiger partial charge in [-0.05, 0) is 38.5 Å². The van der Waals surface area contributed by atoms with E-state index in [1.54, 1.807) is 0 Å². The fourth-order valence-corrected chi connectivity index (χ4v) is 7.55. The minimum atomic E-state index is -4.71. The number of carboxylic acids is 1. The first-order valence-electron chi connectivity index (χ1n) is 23.7. The van der Waals surface area contributed by atoms with Crippen LogP contribution in [-0.4, -0.2) is 59.9 Å². The van der Waals surface area contributed by atoms with E-state index in [1.807, 2.05) is 0 Å². The van der Waals surface area contributed by atoms with E-state index in [9.17, 15) is 23.8 Å². The van der Waals surface area contributed by atoms with Crippen molar-refractivity contribution in [2.24, 2.45) is 5.73 Å². The van der Waals surface area contributed by atoms with E-state index in [4.69, 9.17) is 24.8 Å². The highest BCUT2D eigenvalue weighted by atomic mass is 31.2. The molecule has 0 fully saturated rings. The van der Waals surface area contributed by atoms with Crippen molar-refractivity contribution in [3.8, 4) is 0 Å². The number of carbonyl (C=O) groups excluding carboxylic acids is 2. The second-order valence-corrected chi connectivity index (χ2v) is 17.7. The van der Waals surface area contributed by atoms with E-state index < -0.39 is 51.1 Å². The van der Waals surface area contributed by atoms with Gasteiger partial charge in [0.05, 0.1) is 13.2 Å². The summed E-state index contributed by atoms with van der Waals surface area (Å²) in [5.41, 5.74) is 5.34. The van der Waals surface area contributed by atoms with Crippen LogP contribution in [0.25, 0.3) is 0 Å². The maximum absolute atomic E-state index is 12.7. The molecule has 58 heavy (non-hydrogen) atoms. The van der Waals surface area contributed by atoms with Crippen LogP contribution in [-0.2, 0) is 37.5 Å². The topological polar surface area (TPSA) is 172 Å². The van der Waals surface area contributed by atoms with Crippen molar-refractivity contribution in [3.05, 3.63) is 12.2 Å². The van der Waals surface area contributed by atoms with Crippen molar-refractivity contribution in [2.45, 2.75) is 244 Å². The Morgan fingerprint density at radius 2 is 0.862 bits per heavy atom. The number of esters is 2. The monoisotopic (exact) mass is 846 g/mol. The van der Waals surface area contributed by atoms with Gasteiger partial charge in [-0.2, -0.15) is 0 Å². The second kappa shape index (κ2) is 41.9. The predicted octanol–water partition coefficient (Wildman–Crippen LogP) is 12.8. The maximum atomic E-state index is 12.7. The van der Waals surface area contributed by atoms with E-state index in [-0.39, 0.29) is 19.4 Å². The predicted molar refractivity (Wildman–Crippen MR) is 236 cm³/mol. The molecule has 3 atom stereocenters. The molecule has 11 nitrogen and oxygen atoms in total. The van der Waals surface area contributed by atoms with E-state index in [0.717, 1.165) is 44.9 Å². The van der Waals surface area contributed by atoms with Crippen LogP contribution in [0.4, 0.5) is 0 Å². The molecule has 4 N–H and O–H groups in total. The molecule has 0 saturated heterocycles. The third-order valence-electron chi connectivity index (χ3n) is 10.5. The first kappa shape index (κ1) is 56.2. The van der Waals surface area contributed by atoms with Gasteiger partial charge in [-0.1, -0.05) is 193 Å². The van der Waals surface area contributed by atoms with Gasteiger partial charge in [-0.3, -0.25) is 23.4 Å². The van der Waals surface area contributed by atoms with Crippen LogP contribution in [0.2, 0.25) is 0 Å². The summed E-state index contributed by atoms with van der Waals surface area (Å²) in [6.45, 7) is 2.82. The third kappa shape index (κ3) is 41.0. The Morgan fingerprint density at radius 3 is 1.28 bits per heavy atom. The summed E-state index contributed by atoms with van der Waals surface area (Å²) < 4.78 is 32.8. The number of hydrogen-bond donors (Lipinski definition) is 3. The number of phosphoric acid groups is 1. The van der Waals surface area contributed by atoms with Crippen LogP contribution in [0.5, 0.6) is 0 Å². The Balaban J connectivity index is 4.26. The highest BCUT2D eigenvalue weighted by Crippen LogP contribution is 2.43. The fraction of sp³-hybridized carbons (Fsp3) is 0.891. The lowest BCUT2D eigenvalue weighted by atomic mass is 10.0. The average molecular weight is 846 g/mol. The first-order valence-corrected chi connectivity index (χ1v) is 25.2. The number of rotatable bonds is 45. The third-order valence-corrected chi connectivity index (χ3v) is 11.5. The molecule has 0 rings (SSSR count). The normalized spacial score (nSPS) is 13.7. The van der Waals surface area contributed by atoms with Crippen LogP contribution in [0, 0.1) is 0 Å². The summed E-state index contributed by atoms with van der Waals surface area (Å²) in [4.78, 5) is 46.0. The van der Waals surface area contributed by atoms with Gasteiger partial charge >= 0.3 is 25.7 Å². The van der Waals surface area contributed by atoms with Crippen LogP contribution in [0.1, 0.15) is 232 Å². The van der Waals surface area contributed by atoms with Gasteiger partial charge in [-0.25, -0.2) is 4.57 Å². The zero-order valence-electron chi connectivity index (χ0n) is 37.2. The van der Waals surface area contributed by atoms with E-state index in [1.165, 1.54) is 148 Å². The van der Waals surface area contributed by atoms with Gasteiger partial charge in [0.25, 0.3) is 0 Å². The molecule has 0 aliphatic carbocycles. The summed E-state index contributed by atoms with van der Waals surface area (Å²) in [7, 11) is -4.71. The molecule has 0 spiro atoms. The first-order chi connectivity index (χ1) is 28.1. The van der Waals surface area contributed by atoms with Crippen molar-refractivity contribution < 1.29 is 47.5 Å². The molecular formula is C46H88NO10P. The average Bonchev–Trinajstić information content (AvgIpc) is 3.20. The molecule has 0 aromatic heterocycles. The lowest BCUT2D eigenvalue weighted by Crippen LogP contribution is -2.34. The van der Waals surface area contributed by atoms with Crippen LogP contribution in [0.15, 0.2) is 12.2 Å². The quantitative estimate of drug-likeness (QED) is 0.0230. The number of nitrogens with two attached hydrogens (primary N) is 1. The zero-order valence-corrected chi connectivity index (χ0v) is 38.1. The van der Waals surface area contributed by atoms with Gasteiger partial charge in [0.15, 0.2) is 6.10 Å². The number of unbranched alkanes of at least 4 members (excludes halogenated alkanes) is 29. The van der Waals surface area contributed by atoms with Crippen molar-refractivity contribution >= 4 is 25.7 Å². The van der Waals surface area contributed by atoms with Gasteiger partial charge in [0, 0.05) is 12.8 Å². The smallest absolute Gasteiger partial charge is 0.472 e. The van der Waals surface area contributed by atoms with Crippen LogP contribution in [0.3, 0.4) is 0 Å². The van der Waals surface area contributed by atoms with Gasteiger partial charge in [0.1, 0.15) is 12.6 Å². The van der Waals surface area contributed by atoms with Gasteiger partial charge in [-0.15, -0.1) is 0 Å². The Hall–Kier alpha value is -1.78. The highest BCUT2D eigenvalue weighted by molar-refractivity contribution is 7.47. The summed E-state index contributed by atoms with van der Waals surface area (Å²) in [5, 5.41) is 8.90. The second-order valence-electron chi connectivity index (χ2n) is 16.2. The zero-order chi connectivity index (χ0) is 42.8. The maximum Gasteiger partial charge on any atom is 0.472 e. The SMILES string of the molecule is CCCCCC/C=C\CCCCCCCCCC(=O)OC[C@H](COP(=O)(O)OC[C@H](N)C(=O)O)OC(=O)CCCCCCCCCCCCCCCCCCCCC. The molecule has 1 unspecified atom stereocenters. The van der Waals surface area contributed by atoms with Gasteiger partial charge < -0.3 is 25.2 Å². The molecule has 0 amide bonds. The molecule has 0 aliphatic heterocycles. The standard InChI is InChI=1S/C46H88NO10P/c1-3-5-7-9-11-13-15-17-19-20-21-22-24-26-28-30-32-34-36-38-45(49)57-42(40-55-58(52,53)56-41-43(47)46(50)51)39-54-44(48)37-35-33-31-29-27-25-23-18-16-14-12-10-8-6-4-2/h14,16,42-43H,3-13,15,17-41,47H2,1-2H3,(H,50,51)(H,52,53)/b16-14-/t42-,43+/m1/s1. The molecular weight excluding hydrogens is 757 g/mol. The summed E-state index contributed by atoms with van der Waals surface area (Å²) >= 11 is 0. The molecule has 12 heteroatoms. The number of ether oxygens (including phenoxy) is 2. The molecule has 0 heterocycles. The minimum absolute atomic E-state index is 0.167.